The van der Waals surface area contributed by atoms with Gasteiger partial charge in [0.15, 0.2) is 0 Å². The summed E-state index contributed by atoms with van der Waals surface area (Å²) in [6.07, 6.45) is 5.21. The maximum Gasteiger partial charge on any atom is 0.0622 e. The molecule has 13 heavy (non-hydrogen) atoms. The van der Waals surface area contributed by atoms with Crippen LogP contribution < -0.4 is 0 Å². The van der Waals surface area contributed by atoms with Crippen LogP contribution in [0.4, 0.5) is 0 Å². The monoisotopic (exact) mass is 185 g/mol. The lowest BCUT2D eigenvalue weighted by atomic mass is 10.1. The zero-order chi connectivity index (χ0) is 9.52. The van der Waals surface area contributed by atoms with E-state index in [-0.39, 0.29) is 0 Å². The first-order valence-electron chi connectivity index (χ1n) is 5.70. The number of hydrogen-bond donors (Lipinski definition) is 0. The molecule has 78 valence electrons. The Balaban J connectivity index is 2.28. The van der Waals surface area contributed by atoms with E-state index in [9.17, 15) is 0 Å². The molecule has 1 unspecified atom stereocenters. The molecule has 0 spiro atoms. The Morgan fingerprint density at radius 3 is 2.85 bits per heavy atom. The minimum absolute atomic E-state index is 0.699. The normalized spacial score (nSPS) is 24.9. The summed E-state index contributed by atoms with van der Waals surface area (Å²) in [7, 11) is 0. The van der Waals surface area contributed by atoms with Gasteiger partial charge in [-0.05, 0) is 19.4 Å². The van der Waals surface area contributed by atoms with Gasteiger partial charge in [-0.15, -0.1) is 0 Å². The third kappa shape index (κ3) is 3.65. The van der Waals surface area contributed by atoms with Crippen molar-refractivity contribution < 1.29 is 4.74 Å². The van der Waals surface area contributed by atoms with E-state index < -0.39 is 0 Å². The molecule has 0 aliphatic carbocycles. The van der Waals surface area contributed by atoms with Gasteiger partial charge in [-0.1, -0.05) is 26.7 Å². The van der Waals surface area contributed by atoms with Crippen LogP contribution >= 0.6 is 0 Å². The fraction of sp³-hybridized carbons (Fsp3) is 1.00. The second-order valence-corrected chi connectivity index (χ2v) is 3.91. The van der Waals surface area contributed by atoms with Crippen LogP contribution in [0.3, 0.4) is 0 Å². The van der Waals surface area contributed by atoms with Crippen molar-refractivity contribution in [3.63, 3.8) is 0 Å². The molecule has 1 aliphatic rings. The predicted molar refractivity (Wildman–Crippen MR) is 56.0 cm³/mol. The van der Waals surface area contributed by atoms with Gasteiger partial charge in [-0.25, -0.2) is 0 Å². The zero-order valence-corrected chi connectivity index (χ0v) is 9.09. The highest BCUT2D eigenvalue weighted by Crippen LogP contribution is 2.12. The summed E-state index contributed by atoms with van der Waals surface area (Å²) in [5, 5.41) is 0. The predicted octanol–water partition coefficient (Wildman–Crippen LogP) is 2.29. The molecule has 1 fully saturated rings. The molecule has 0 radical (unpaired) electrons. The summed E-state index contributed by atoms with van der Waals surface area (Å²) < 4.78 is 5.50. The van der Waals surface area contributed by atoms with Crippen molar-refractivity contribution in [2.75, 3.05) is 26.3 Å². The number of morpholine rings is 1. The van der Waals surface area contributed by atoms with E-state index in [0.717, 1.165) is 19.8 Å². The van der Waals surface area contributed by atoms with E-state index >= 15 is 0 Å². The van der Waals surface area contributed by atoms with Crippen molar-refractivity contribution in [2.45, 2.75) is 45.6 Å². The zero-order valence-electron chi connectivity index (χ0n) is 9.09. The molecule has 0 bridgehead atoms. The molecule has 1 aliphatic heterocycles. The lowest BCUT2D eigenvalue weighted by Crippen LogP contribution is -2.45. The van der Waals surface area contributed by atoms with Crippen molar-refractivity contribution in [1.29, 1.82) is 0 Å². The molecular formula is C11H23NO. The van der Waals surface area contributed by atoms with E-state index in [1.165, 1.54) is 32.2 Å². The number of ether oxygens (including phenoxy) is 1. The van der Waals surface area contributed by atoms with Crippen LogP contribution in [0.2, 0.25) is 0 Å². The van der Waals surface area contributed by atoms with Gasteiger partial charge in [0.2, 0.25) is 0 Å². The number of unbranched alkanes of at least 4 members (excludes halogenated alkanes) is 1. The second kappa shape index (κ2) is 6.39. The van der Waals surface area contributed by atoms with Gasteiger partial charge < -0.3 is 4.74 Å². The Hall–Kier alpha value is -0.0800. The van der Waals surface area contributed by atoms with Gasteiger partial charge in [0.25, 0.3) is 0 Å². The van der Waals surface area contributed by atoms with Crippen LogP contribution in [0.15, 0.2) is 0 Å². The van der Waals surface area contributed by atoms with E-state index in [0.29, 0.717) is 6.04 Å². The van der Waals surface area contributed by atoms with Crippen molar-refractivity contribution in [3.05, 3.63) is 0 Å². The molecule has 2 heteroatoms. The third-order valence-electron chi connectivity index (χ3n) is 2.77. The standard InChI is InChI=1S/C11H23NO/c1-3-5-7-12-8-9-13-10-11(12)6-4-2/h11H,3-10H2,1-2H3. The minimum atomic E-state index is 0.699. The molecule has 2 nitrogen and oxygen atoms in total. The van der Waals surface area contributed by atoms with Gasteiger partial charge >= 0.3 is 0 Å². The molecule has 1 rings (SSSR count). The van der Waals surface area contributed by atoms with Crippen LogP contribution in [-0.2, 0) is 4.74 Å². The van der Waals surface area contributed by atoms with Crippen LogP contribution in [0.5, 0.6) is 0 Å². The lowest BCUT2D eigenvalue weighted by molar-refractivity contribution is -0.0110. The van der Waals surface area contributed by atoms with Crippen LogP contribution in [0, 0.1) is 0 Å². The maximum absolute atomic E-state index is 5.50. The molecular weight excluding hydrogens is 162 g/mol. The largest absolute Gasteiger partial charge is 0.378 e. The van der Waals surface area contributed by atoms with Crippen LogP contribution in [0.25, 0.3) is 0 Å². The SMILES string of the molecule is CCCCN1CCOCC1CCC. The molecule has 0 saturated carbocycles. The molecule has 1 saturated heterocycles. The molecule has 0 aromatic heterocycles. The van der Waals surface area contributed by atoms with E-state index in [1.54, 1.807) is 0 Å². The van der Waals surface area contributed by atoms with Gasteiger partial charge in [0.05, 0.1) is 13.2 Å². The summed E-state index contributed by atoms with van der Waals surface area (Å²) in [5.74, 6) is 0. The number of rotatable bonds is 5. The summed E-state index contributed by atoms with van der Waals surface area (Å²) in [6.45, 7) is 8.82. The summed E-state index contributed by atoms with van der Waals surface area (Å²) in [5.41, 5.74) is 0. The first-order chi connectivity index (χ1) is 6.38. The van der Waals surface area contributed by atoms with Gasteiger partial charge in [0, 0.05) is 12.6 Å². The Labute approximate surface area is 82.3 Å². The molecule has 1 heterocycles. The quantitative estimate of drug-likeness (QED) is 0.651. The van der Waals surface area contributed by atoms with Gasteiger partial charge in [-0.3, -0.25) is 4.90 Å². The average Bonchev–Trinajstić information content (AvgIpc) is 2.17. The first kappa shape index (κ1) is 11.0. The van der Waals surface area contributed by atoms with Crippen molar-refractivity contribution in [3.8, 4) is 0 Å². The highest BCUT2D eigenvalue weighted by Gasteiger charge is 2.20. The van der Waals surface area contributed by atoms with Crippen LogP contribution in [-0.4, -0.2) is 37.2 Å². The average molecular weight is 185 g/mol. The van der Waals surface area contributed by atoms with Crippen molar-refractivity contribution in [1.82, 2.24) is 4.90 Å². The topological polar surface area (TPSA) is 12.5 Å². The van der Waals surface area contributed by atoms with Crippen molar-refractivity contribution >= 4 is 0 Å². The number of nitrogens with zero attached hydrogens (tertiary/aromatic N) is 1. The second-order valence-electron chi connectivity index (χ2n) is 3.91. The minimum Gasteiger partial charge on any atom is -0.378 e. The molecule has 0 amide bonds. The molecule has 0 N–H and O–H groups in total. The highest BCUT2D eigenvalue weighted by atomic mass is 16.5. The fourth-order valence-corrected chi connectivity index (χ4v) is 1.94. The Morgan fingerprint density at radius 2 is 2.15 bits per heavy atom. The van der Waals surface area contributed by atoms with E-state index in [4.69, 9.17) is 4.74 Å². The summed E-state index contributed by atoms with van der Waals surface area (Å²) in [4.78, 5) is 2.61. The van der Waals surface area contributed by atoms with Crippen LogP contribution in [0.1, 0.15) is 39.5 Å². The summed E-state index contributed by atoms with van der Waals surface area (Å²) >= 11 is 0. The van der Waals surface area contributed by atoms with Gasteiger partial charge in [0.1, 0.15) is 0 Å². The Kier molecular flexibility index (Phi) is 5.40. The lowest BCUT2D eigenvalue weighted by Gasteiger charge is -2.35. The summed E-state index contributed by atoms with van der Waals surface area (Å²) in [6, 6.07) is 0.699. The van der Waals surface area contributed by atoms with Gasteiger partial charge in [-0.2, -0.15) is 0 Å². The Morgan fingerprint density at radius 1 is 1.31 bits per heavy atom. The fourth-order valence-electron chi connectivity index (χ4n) is 1.94. The Bertz CT molecular complexity index is 125. The highest BCUT2D eigenvalue weighted by molar-refractivity contribution is 4.74. The van der Waals surface area contributed by atoms with E-state index in [1.807, 2.05) is 0 Å². The third-order valence-corrected chi connectivity index (χ3v) is 2.77. The maximum atomic E-state index is 5.50. The van der Waals surface area contributed by atoms with Crippen molar-refractivity contribution in [2.24, 2.45) is 0 Å². The smallest absolute Gasteiger partial charge is 0.0622 e. The molecule has 1 atom stereocenters. The molecule has 0 aromatic rings. The molecule has 0 aromatic carbocycles. The van der Waals surface area contributed by atoms with E-state index in [2.05, 4.69) is 18.7 Å². The first-order valence-corrected chi connectivity index (χ1v) is 5.70. The number of hydrogen-bond acceptors (Lipinski definition) is 2.